The van der Waals surface area contributed by atoms with Crippen LogP contribution in [0, 0.1) is 11.8 Å². The van der Waals surface area contributed by atoms with Crippen LogP contribution in [0.2, 0.25) is 0 Å². The van der Waals surface area contributed by atoms with Crippen molar-refractivity contribution in [3.63, 3.8) is 0 Å². The average Bonchev–Trinajstić information content (AvgIpc) is 3.11. The van der Waals surface area contributed by atoms with Crippen LogP contribution >= 0.6 is 11.8 Å². The lowest BCUT2D eigenvalue weighted by atomic mass is 9.86. The highest BCUT2D eigenvalue weighted by Gasteiger charge is 2.30. The van der Waals surface area contributed by atoms with Gasteiger partial charge in [-0.05, 0) is 49.4 Å². The lowest BCUT2D eigenvalue weighted by molar-refractivity contribution is 0.304. The van der Waals surface area contributed by atoms with E-state index in [4.69, 9.17) is 0 Å². The molecule has 2 unspecified atom stereocenters. The highest BCUT2D eigenvalue weighted by atomic mass is 32.2. The quantitative estimate of drug-likeness (QED) is 0.827. The third-order valence-corrected chi connectivity index (χ3v) is 6.35. The molecule has 1 saturated carbocycles. The summed E-state index contributed by atoms with van der Waals surface area (Å²) in [5.41, 5.74) is 1.58. The van der Waals surface area contributed by atoms with Gasteiger partial charge >= 0.3 is 0 Å². The molecule has 20 heavy (non-hydrogen) atoms. The van der Waals surface area contributed by atoms with Gasteiger partial charge in [-0.25, -0.2) is 0 Å². The molecule has 3 rings (SSSR count). The maximum absolute atomic E-state index is 3.61. The molecule has 2 atom stereocenters. The summed E-state index contributed by atoms with van der Waals surface area (Å²) in [6, 6.07) is 8.99. The number of thioether (sulfide) groups is 1. The molecule has 110 valence electrons. The molecular formula is C18H27NS. The van der Waals surface area contributed by atoms with E-state index in [0.29, 0.717) is 0 Å². The maximum Gasteiger partial charge on any atom is 0.0138 e. The molecule has 1 aliphatic heterocycles. The molecule has 1 aromatic carbocycles. The minimum atomic E-state index is 0.816. The molecular weight excluding hydrogens is 262 g/mol. The average molecular weight is 289 g/mol. The van der Waals surface area contributed by atoms with Crippen molar-refractivity contribution in [2.75, 3.05) is 13.1 Å². The number of hydrogen-bond donors (Lipinski definition) is 1. The number of hydrogen-bond acceptors (Lipinski definition) is 2. The fraction of sp³-hybridized carbons (Fsp3) is 0.667. The van der Waals surface area contributed by atoms with Gasteiger partial charge in [0.25, 0.3) is 0 Å². The molecule has 0 amide bonds. The molecule has 0 spiro atoms. The summed E-state index contributed by atoms with van der Waals surface area (Å²) in [4.78, 5) is 1.53. The Morgan fingerprint density at radius 1 is 1.25 bits per heavy atom. The Bertz CT molecular complexity index is 400. The highest BCUT2D eigenvalue weighted by Crippen LogP contribution is 2.42. The van der Waals surface area contributed by atoms with Crippen LogP contribution in [0.4, 0.5) is 0 Å². The summed E-state index contributed by atoms with van der Waals surface area (Å²) in [6.45, 7) is 4.57. The highest BCUT2D eigenvalue weighted by molar-refractivity contribution is 8.00. The van der Waals surface area contributed by atoms with Crippen molar-refractivity contribution in [2.24, 2.45) is 11.8 Å². The Morgan fingerprint density at radius 2 is 2.05 bits per heavy atom. The van der Waals surface area contributed by atoms with Crippen molar-refractivity contribution >= 4 is 11.8 Å². The Hall–Kier alpha value is -0.470. The zero-order valence-electron chi connectivity index (χ0n) is 12.6. The van der Waals surface area contributed by atoms with Crippen molar-refractivity contribution in [3.8, 4) is 0 Å². The lowest BCUT2D eigenvalue weighted by Crippen LogP contribution is -2.29. The second-order valence-electron chi connectivity index (χ2n) is 6.40. The minimum absolute atomic E-state index is 0.816. The zero-order valence-corrected chi connectivity index (χ0v) is 13.4. The van der Waals surface area contributed by atoms with Crippen molar-refractivity contribution in [1.29, 1.82) is 0 Å². The number of fused-ring (bicyclic) bond motifs is 1. The molecule has 1 fully saturated rings. The van der Waals surface area contributed by atoms with E-state index in [1.165, 1.54) is 50.0 Å². The summed E-state index contributed by atoms with van der Waals surface area (Å²) in [6.07, 6.45) is 8.56. The molecule has 2 aliphatic rings. The van der Waals surface area contributed by atoms with Crippen LogP contribution < -0.4 is 5.32 Å². The lowest BCUT2D eigenvalue weighted by Gasteiger charge is -2.26. The van der Waals surface area contributed by atoms with Gasteiger partial charge in [0.2, 0.25) is 0 Å². The second kappa shape index (κ2) is 7.00. The predicted molar refractivity (Wildman–Crippen MR) is 88.4 cm³/mol. The van der Waals surface area contributed by atoms with E-state index in [1.54, 1.807) is 5.56 Å². The van der Waals surface area contributed by atoms with Crippen LogP contribution in [0.3, 0.4) is 0 Å². The van der Waals surface area contributed by atoms with Crippen molar-refractivity contribution in [1.82, 2.24) is 5.32 Å². The van der Waals surface area contributed by atoms with E-state index in [9.17, 15) is 0 Å². The van der Waals surface area contributed by atoms with Crippen molar-refractivity contribution in [2.45, 2.75) is 55.6 Å². The standard InChI is InChI=1S/C18H27NS/c1-2-19-13-16(14-7-3-4-8-14)12-17-11-15-9-5-6-10-18(15)20-17/h5-6,9-10,14,16-17,19H,2-4,7-8,11-13H2,1H3. The number of nitrogens with one attached hydrogen (secondary N) is 1. The van der Waals surface area contributed by atoms with Gasteiger partial charge in [-0.15, -0.1) is 11.8 Å². The normalized spacial score (nSPS) is 23.9. The van der Waals surface area contributed by atoms with Crippen molar-refractivity contribution < 1.29 is 0 Å². The van der Waals surface area contributed by atoms with E-state index in [-0.39, 0.29) is 0 Å². The van der Waals surface area contributed by atoms with Gasteiger partial charge in [0.05, 0.1) is 0 Å². The minimum Gasteiger partial charge on any atom is -0.317 e. The van der Waals surface area contributed by atoms with Crippen LogP contribution in [0.5, 0.6) is 0 Å². The first-order chi connectivity index (χ1) is 9.86. The van der Waals surface area contributed by atoms with E-state index < -0.39 is 0 Å². The third kappa shape index (κ3) is 3.40. The maximum atomic E-state index is 3.61. The SMILES string of the molecule is CCNCC(CC1Cc2ccccc2S1)C1CCCC1. The Kier molecular flexibility index (Phi) is 5.06. The van der Waals surface area contributed by atoms with Crippen LogP contribution in [0.15, 0.2) is 29.2 Å². The summed E-state index contributed by atoms with van der Waals surface area (Å²) in [5, 5.41) is 4.43. The fourth-order valence-corrected chi connectivity index (χ4v) is 5.35. The topological polar surface area (TPSA) is 12.0 Å². The molecule has 1 aliphatic carbocycles. The molecule has 1 nitrogen and oxygen atoms in total. The first kappa shape index (κ1) is 14.5. The monoisotopic (exact) mass is 289 g/mol. The zero-order chi connectivity index (χ0) is 13.8. The third-order valence-electron chi connectivity index (χ3n) is 5.00. The summed E-state index contributed by atoms with van der Waals surface area (Å²) < 4.78 is 0. The van der Waals surface area contributed by atoms with E-state index in [1.807, 2.05) is 0 Å². The van der Waals surface area contributed by atoms with Gasteiger partial charge in [0.1, 0.15) is 0 Å². The van der Waals surface area contributed by atoms with Gasteiger partial charge in [-0.1, -0.05) is 50.8 Å². The number of rotatable bonds is 6. The Balaban J connectivity index is 1.59. The van der Waals surface area contributed by atoms with Gasteiger partial charge in [-0.3, -0.25) is 0 Å². The first-order valence-electron chi connectivity index (χ1n) is 8.32. The summed E-state index contributed by atoms with van der Waals surface area (Å²) >= 11 is 2.13. The largest absolute Gasteiger partial charge is 0.317 e. The molecule has 1 N–H and O–H groups in total. The molecule has 0 saturated heterocycles. The Labute approximate surface area is 127 Å². The van der Waals surface area contributed by atoms with E-state index in [0.717, 1.165) is 23.6 Å². The smallest absolute Gasteiger partial charge is 0.0138 e. The van der Waals surface area contributed by atoms with Crippen LogP contribution in [0.25, 0.3) is 0 Å². The second-order valence-corrected chi connectivity index (χ2v) is 7.74. The van der Waals surface area contributed by atoms with Crippen LogP contribution in [0.1, 0.15) is 44.6 Å². The fourth-order valence-electron chi connectivity index (χ4n) is 3.92. The van der Waals surface area contributed by atoms with Gasteiger partial charge < -0.3 is 5.32 Å². The van der Waals surface area contributed by atoms with E-state index >= 15 is 0 Å². The van der Waals surface area contributed by atoms with Crippen molar-refractivity contribution in [3.05, 3.63) is 29.8 Å². The van der Waals surface area contributed by atoms with E-state index in [2.05, 4.69) is 48.3 Å². The van der Waals surface area contributed by atoms with Gasteiger partial charge in [0.15, 0.2) is 0 Å². The number of benzene rings is 1. The summed E-state index contributed by atoms with van der Waals surface area (Å²) in [5.74, 6) is 1.88. The molecule has 1 aromatic rings. The Morgan fingerprint density at radius 3 is 2.80 bits per heavy atom. The molecule has 1 heterocycles. The van der Waals surface area contributed by atoms with Crippen LogP contribution in [-0.2, 0) is 6.42 Å². The molecule has 0 radical (unpaired) electrons. The molecule has 2 heteroatoms. The molecule has 0 bridgehead atoms. The first-order valence-corrected chi connectivity index (χ1v) is 9.20. The van der Waals surface area contributed by atoms with Gasteiger partial charge in [0, 0.05) is 10.1 Å². The molecule has 0 aromatic heterocycles. The summed E-state index contributed by atoms with van der Waals surface area (Å²) in [7, 11) is 0. The van der Waals surface area contributed by atoms with Gasteiger partial charge in [-0.2, -0.15) is 0 Å². The predicted octanol–water partition coefficient (Wildman–Crippen LogP) is 4.51. The van der Waals surface area contributed by atoms with Crippen LogP contribution in [-0.4, -0.2) is 18.3 Å².